The molecule has 0 aromatic rings. The van der Waals surface area contributed by atoms with Gasteiger partial charge >= 0.3 is 0 Å². The van der Waals surface area contributed by atoms with E-state index in [-0.39, 0.29) is 0 Å². The van der Waals surface area contributed by atoms with Crippen LogP contribution in [0.15, 0.2) is 12.2 Å². The second kappa shape index (κ2) is 2.63. The maximum absolute atomic E-state index is 3.93. The Morgan fingerprint density at radius 2 is 2.45 bits per heavy atom. The lowest BCUT2D eigenvalue weighted by atomic mass is 10.2. The number of piperidine rings is 1. The Bertz CT molecular complexity index is 174. The Hall–Kier alpha value is -0.300. The topological polar surface area (TPSA) is 3.24 Å². The Morgan fingerprint density at radius 3 is 2.91 bits per heavy atom. The number of likely N-dealkylation sites (tertiary alicyclic amines) is 1. The minimum Gasteiger partial charge on any atom is -0.300 e. The van der Waals surface area contributed by atoms with E-state index in [2.05, 4.69) is 18.4 Å². The quantitative estimate of drug-likeness (QED) is 0.558. The molecule has 0 aromatic heterocycles. The van der Waals surface area contributed by atoms with Crippen LogP contribution in [0.5, 0.6) is 0 Å². The lowest BCUT2D eigenvalue weighted by Gasteiger charge is -2.16. The van der Waals surface area contributed by atoms with Crippen LogP contribution in [0.2, 0.25) is 0 Å². The van der Waals surface area contributed by atoms with Crippen molar-refractivity contribution < 1.29 is 0 Å². The fourth-order valence-electron chi connectivity index (χ4n) is 2.10. The molecule has 1 saturated carbocycles. The molecule has 0 aromatic carbocycles. The highest BCUT2D eigenvalue weighted by atomic mass is 15.2. The first kappa shape index (κ1) is 7.35. The average molecular weight is 151 g/mol. The summed E-state index contributed by atoms with van der Waals surface area (Å²) in [5.41, 5.74) is 1.33. The lowest BCUT2D eigenvalue weighted by Crippen LogP contribution is -2.24. The van der Waals surface area contributed by atoms with Crippen LogP contribution >= 0.6 is 0 Å². The molecule has 62 valence electrons. The van der Waals surface area contributed by atoms with Crippen LogP contribution in [0, 0.1) is 5.92 Å². The van der Waals surface area contributed by atoms with Crippen LogP contribution in [0.1, 0.15) is 26.2 Å². The monoisotopic (exact) mass is 151 g/mol. The van der Waals surface area contributed by atoms with Crippen molar-refractivity contribution >= 4 is 0 Å². The van der Waals surface area contributed by atoms with Crippen molar-refractivity contribution in [3.8, 4) is 0 Å². The van der Waals surface area contributed by atoms with Crippen molar-refractivity contribution in [2.24, 2.45) is 5.92 Å². The van der Waals surface area contributed by atoms with Crippen molar-refractivity contribution in [2.75, 3.05) is 13.1 Å². The summed E-state index contributed by atoms with van der Waals surface area (Å²) in [4.78, 5) is 2.64. The Kier molecular flexibility index (Phi) is 1.76. The molecule has 0 bridgehead atoms. The first-order valence-corrected chi connectivity index (χ1v) is 4.66. The molecule has 1 heteroatoms. The van der Waals surface area contributed by atoms with Crippen molar-refractivity contribution in [1.82, 2.24) is 4.90 Å². The van der Waals surface area contributed by atoms with Gasteiger partial charge in [0.05, 0.1) is 0 Å². The van der Waals surface area contributed by atoms with E-state index in [1.165, 1.54) is 37.9 Å². The van der Waals surface area contributed by atoms with Gasteiger partial charge in [0.25, 0.3) is 0 Å². The highest BCUT2D eigenvalue weighted by Gasteiger charge is 2.45. The van der Waals surface area contributed by atoms with Gasteiger partial charge in [0, 0.05) is 12.6 Å². The molecule has 0 N–H and O–H groups in total. The van der Waals surface area contributed by atoms with Crippen LogP contribution in [0.4, 0.5) is 0 Å². The molecule has 1 saturated heterocycles. The van der Waals surface area contributed by atoms with Gasteiger partial charge in [0.1, 0.15) is 0 Å². The molecule has 2 atom stereocenters. The summed E-state index contributed by atoms with van der Waals surface area (Å²) < 4.78 is 0. The van der Waals surface area contributed by atoms with E-state index < -0.39 is 0 Å². The fourth-order valence-corrected chi connectivity index (χ4v) is 2.10. The molecule has 1 heterocycles. The van der Waals surface area contributed by atoms with E-state index in [4.69, 9.17) is 0 Å². The van der Waals surface area contributed by atoms with E-state index in [0.717, 1.165) is 12.0 Å². The van der Waals surface area contributed by atoms with Gasteiger partial charge in [-0.1, -0.05) is 5.57 Å². The minimum absolute atomic E-state index is 0.981. The van der Waals surface area contributed by atoms with Crippen molar-refractivity contribution in [3.63, 3.8) is 0 Å². The molecular weight excluding hydrogens is 134 g/mol. The van der Waals surface area contributed by atoms with Crippen molar-refractivity contribution in [3.05, 3.63) is 12.2 Å². The summed E-state index contributed by atoms with van der Waals surface area (Å²) in [6, 6.07) is 0.981. The van der Waals surface area contributed by atoms with Crippen molar-refractivity contribution in [2.45, 2.75) is 32.2 Å². The molecule has 2 fully saturated rings. The van der Waals surface area contributed by atoms with Gasteiger partial charge in [-0.2, -0.15) is 0 Å². The van der Waals surface area contributed by atoms with Gasteiger partial charge in [-0.3, -0.25) is 4.90 Å². The SMILES string of the molecule is C=C(C)CCN1CCC2CC21. The highest BCUT2D eigenvalue weighted by Crippen LogP contribution is 2.44. The predicted molar refractivity (Wildman–Crippen MR) is 47.5 cm³/mol. The highest BCUT2D eigenvalue weighted by molar-refractivity contribution is 5.02. The molecule has 0 radical (unpaired) electrons. The first-order valence-electron chi connectivity index (χ1n) is 4.66. The number of nitrogens with zero attached hydrogens (tertiary/aromatic N) is 1. The summed E-state index contributed by atoms with van der Waals surface area (Å²) in [6.07, 6.45) is 4.14. The molecule has 1 nitrogen and oxygen atoms in total. The number of fused-ring (bicyclic) bond motifs is 1. The smallest absolute Gasteiger partial charge is 0.0128 e. The van der Waals surface area contributed by atoms with Crippen LogP contribution in [0.25, 0.3) is 0 Å². The minimum atomic E-state index is 0.981. The van der Waals surface area contributed by atoms with E-state index in [1.807, 2.05) is 0 Å². The zero-order valence-electron chi connectivity index (χ0n) is 7.34. The van der Waals surface area contributed by atoms with Gasteiger partial charge < -0.3 is 0 Å². The lowest BCUT2D eigenvalue weighted by molar-refractivity contribution is 0.304. The zero-order chi connectivity index (χ0) is 7.84. The summed E-state index contributed by atoms with van der Waals surface area (Å²) in [5.74, 6) is 1.08. The molecule has 1 aliphatic carbocycles. The van der Waals surface area contributed by atoms with E-state index in [9.17, 15) is 0 Å². The standard InChI is InChI=1S/C10H17N/c1-8(2)3-5-11-6-4-9-7-10(9)11/h9-10H,1,3-7H2,2H3. The second-order valence-electron chi connectivity index (χ2n) is 4.09. The third-order valence-electron chi connectivity index (χ3n) is 2.97. The normalized spacial score (nSPS) is 35.4. The molecule has 0 spiro atoms. The van der Waals surface area contributed by atoms with Crippen LogP contribution < -0.4 is 0 Å². The van der Waals surface area contributed by atoms with E-state index in [0.29, 0.717) is 0 Å². The number of hydrogen-bond acceptors (Lipinski definition) is 1. The van der Waals surface area contributed by atoms with Crippen LogP contribution in [0.3, 0.4) is 0 Å². The Morgan fingerprint density at radius 1 is 1.64 bits per heavy atom. The second-order valence-corrected chi connectivity index (χ2v) is 4.09. The van der Waals surface area contributed by atoms with Crippen LogP contribution in [-0.2, 0) is 0 Å². The molecule has 2 unspecified atom stereocenters. The molecule has 2 aliphatic rings. The molecular formula is C10H17N. The summed E-state index contributed by atoms with van der Waals surface area (Å²) in [5, 5.41) is 0. The van der Waals surface area contributed by atoms with Gasteiger partial charge in [-0.25, -0.2) is 0 Å². The van der Waals surface area contributed by atoms with E-state index in [1.54, 1.807) is 0 Å². The van der Waals surface area contributed by atoms with Crippen molar-refractivity contribution in [1.29, 1.82) is 0 Å². The predicted octanol–water partition coefficient (Wildman–Crippen LogP) is 2.05. The summed E-state index contributed by atoms with van der Waals surface area (Å²) in [7, 11) is 0. The maximum Gasteiger partial charge on any atom is 0.0128 e. The Labute approximate surface area is 69.1 Å². The van der Waals surface area contributed by atoms with Crippen LogP contribution in [-0.4, -0.2) is 24.0 Å². The maximum atomic E-state index is 3.93. The fraction of sp³-hybridized carbons (Fsp3) is 0.800. The summed E-state index contributed by atoms with van der Waals surface area (Å²) in [6.45, 7) is 8.66. The molecule has 0 amide bonds. The molecule has 11 heavy (non-hydrogen) atoms. The summed E-state index contributed by atoms with van der Waals surface area (Å²) >= 11 is 0. The van der Waals surface area contributed by atoms with Gasteiger partial charge in [0.15, 0.2) is 0 Å². The first-order chi connectivity index (χ1) is 5.27. The largest absolute Gasteiger partial charge is 0.300 e. The molecule has 1 aliphatic heterocycles. The van der Waals surface area contributed by atoms with Gasteiger partial charge in [-0.05, 0) is 38.6 Å². The van der Waals surface area contributed by atoms with Gasteiger partial charge in [0.2, 0.25) is 0 Å². The third-order valence-corrected chi connectivity index (χ3v) is 2.97. The number of rotatable bonds is 3. The average Bonchev–Trinajstić information content (AvgIpc) is 2.62. The third kappa shape index (κ3) is 1.48. The Balaban J connectivity index is 1.74. The van der Waals surface area contributed by atoms with E-state index >= 15 is 0 Å². The van der Waals surface area contributed by atoms with Gasteiger partial charge in [-0.15, -0.1) is 6.58 Å². The zero-order valence-corrected chi connectivity index (χ0v) is 7.34. The number of hydrogen-bond donors (Lipinski definition) is 0. The molecule has 2 rings (SSSR count).